The van der Waals surface area contributed by atoms with Gasteiger partial charge in [0.15, 0.2) is 0 Å². The summed E-state index contributed by atoms with van der Waals surface area (Å²) in [5, 5.41) is 0. The molecule has 0 N–H and O–H groups in total. The highest BCUT2D eigenvalue weighted by Gasteiger charge is 2.53. The van der Waals surface area contributed by atoms with Crippen molar-refractivity contribution in [3.8, 4) is 6.01 Å². The van der Waals surface area contributed by atoms with Crippen molar-refractivity contribution >= 4 is 11.0 Å². The number of aromatic nitrogens is 2. The van der Waals surface area contributed by atoms with Crippen LogP contribution in [0.15, 0.2) is 12.1 Å². The first-order valence-electron chi connectivity index (χ1n) is 8.03. The van der Waals surface area contributed by atoms with Gasteiger partial charge in [-0.25, -0.2) is 0 Å². The van der Waals surface area contributed by atoms with Crippen LogP contribution in [0.3, 0.4) is 0 Å². The fourth-order valence-electron chi connectivity index (χ4n) is 4.49. The highest BCUT2D eigenvalue weighted by Crippen LogP contribution is 2.45. The lowest BCUT2D eigenvalue weighted by atomic mass is 9.75. The summed E-state index contributed by atoms with van der Waals surface area (Å²) in [5.74, 6) is 0.700. The van der Waals surface area contributed by atoms with E-state index >= 15 is 0 Å². The van der Waals surface area contributed by atoms with Gasteiger partial charge in [0, 0.05) is 12.5 Å². The number of piperidine rings is 3. The first kappa shape index (κ1) is 12.0. The molecule has 3 saturated heterocycles. The van der Waals surface area contributed by atoms with Gasteiger partial charge in [-0.1, -0.05) is 0 Å². The minimum Gasteiger partial charge on any atom is -0.454 e. The first-order valence-corrected chi connectivity index (χ1v) is 8.03. The van der Waals surface area contributed by atoms with Crippen LogP contribution in [0.4, 0.5) is 0 Å². The molecule has 110 valence electrons. The van der Waals surface area contributed by atoms with Crippen molar-refractivity contribution in [2.75, 3.05) is 19.6 Å². The second kappa shape index (κ2) is 3.80. The Bertz CT molecular complexity index is 742. The van der Waals surface area contributed by atoms with Crippen LogP contribution in [0.1, 0.15) is 24.0 Å². The molecule has 1 spiro atoms. The second-order valence-electron chi connectivity index (χ2n) is 7.12. The quantitative estimate of drug-likeness (QED) is 0.744. The molecule has 0 aliphatic carbocycles. The van der Waals surface area contributed by atoms with Gasteiger partial charge in [-0.3, -0.25) is 9.47 Å². The molecule has 4 aliphatic heterocycles. The molecule has 0 saturated carbocycles. The van der Waals surface area contributed by atoms with Gasteiger partial charge in [0.25, 0.3) is 6.01 Å². The van der Waals surface area contributed by atoms with E-state index in [-0.39, 0.29) is 5.60 Å². The molecule has 0 unspecified atom stereocenters. The van der Waals surface area contributed by atoms with Gasteiger partial charge in [-0.2, -0.15) is 4.98 Å². The van der Waals surface area contributed by atoms with E-state index < -0.39 is 0 Å². The molecular formula is C17H21N3O. The topological polar surface area (TPSA) is 30.3 Å². The van der Waals surface area contributed by atoms with Crippen molar-refractivity contribution in [3.63, 3.8) is 0 Å². The van der Waals surface area contributed by atoms with E-state index in [0.29, 0.717) is 5.92 Å². The van der Waals surface area contributed by atoms with Gasteiger partial charge >= 0.3 is 0 Å². The zero-order chi connectivity index (χ0) is 14.2. The standard InChI is InChI=1S/C17H21N3O/c1-11-7-14-15(8-12(11)2)20-10-17(21-16(20)18-14)9-19-5-3-13(17)4-6-19/h7-8,13H,3-6,9-10H2,1-2H3/t17-/m1/s1. The molecule has 1 aromatic carbocycles. The molecule has 4 heteroatoms. The van der Waals surface area contributed by atoms with Crippen molar-refractivity contribution in [2.45, 2.75) is 38.8 Å². The number of ether oxygens (including phenoxy) is 1. The number of rotatable bonds is 0. The van der Waals surface area contributed by atoms with Crippen LogP contribution in [0.2, 0.25) is 0 Å². The highest BCUT2D eigenvalue weighted by molar-refractivity contribution is 5.79. The lowest BCUT2D eigenvalue weighted by Crippen LogP contribution is -2.61. The Labute approximate surface area is 124 Å². The van der Waals surface area contributed by atoms with Crippen LogP contribution >= 0.6 is 0 Å². The molecule has 4 nitrogen and oxygen atoms in total. The molecule has 21 heavy (non-hydrogen) atoms. The van der Waals surface area contributed by atoms with E-state index in [4.69, 9.17) is 9.72 Å². The molecule has 4 aliphatic rings. The zero-order valence-corrected chi connectivity index (χ0v) is 12.7. The predicted octanol–water partition coefficient (Wildman–Crippen LogP) is 2.51. The van der Waals surface area contributed by atoms with Crippen molar-refractivity contribution in [3.05, 3.63) is 23.3 Å². The fourth-order valence-corrected chi connectivity index (χ4v) is 4.49. The highest BCUT2D eigenvalue weighted by atomic mass is 16.5. The number of aryl methyl sites for hydroxylation is 2. The Morgan fingerprint density at radius 3 is 2.62 bits per heavy atom. The minimum atomic E-state index is -0.00812. The molecule has 2 aromatic rings. The van der Waals surface area contributed by atoms with E-state index in [1.165, 1.54) is 42.6 Å². The van der Waals surface area contributed by atoms with Crippen LogP contribution in [-0.2, 0) is 6.54 Å². The predicted molar refractivity (Wildman–Crippen MR) is 81.7 cm³/mol. The van der Waals surface area contributed by atoms with Crippen LogP contribution < -0.4 is 4.74 Å². The Kier molecular flexibility index (Phi) is 2.18. The second-order valence-corrected chi connectivity index (χ2v) is 7.12. The fraction of sp³-hybridized carbons (Fsp3) is 0.588. The maximum absolute atomic E-state index is 6.44. The summed E-state index contributed by atoms with van der Waals surface area (Å²) in [6.07, 6.45) is 2.56. The third-order valence-corrected chi connectivity index (χ3v) is 5.87. The SMILES string of the molecule is Cc1cc2nc3n(c2cc1C)C[C@@]1(CN2CCC1CC2)O3. The van der Waals surface area contributed by atoms with Gasteiger partial charge in [0.2, 0.25) is 0 Å². The number of imidazole rings is 1. The van der Waals surface area contributed by atoms with Gasteiger partial charge in [-0.05, 0) is 63.0 Å². The van der Waals surface area contributed by atoms with Crippen molar-refractivity contribution in [2.24, 2.45) is 5.92 Å². The Morgan fingerprint density at radius 1 is 1.14 bits per heavy atom. The van der Waals surface area contributed by atoms with Gasteiger partial charge in [0.05, 0.1) is 17.6 Å². The van der Waals surface area contributed by atoms with Gasteiger partial charge in [0.1, 0.15) is 5.60 Å². The van der Waals surface area contributed by atoms with E-state index in [2.05, 4.69) is 35.4 Å². The molecule has 1 atom stereocenters. The lowest BCUT2D eigenvalue weighted by molar-refractivity contribution is -0.0832. The minimum absolute atomic E-state index is 0.00812. The number of hydrogen-bond donors (Lipinski definition) is 0. The van der Waals surface area contributed by atoms with Crippen LogP contribution in [0.5, 0.6) is 6.01 Å². The number of fused-ring (bicyclic) bond motifs is 5. The molecule has 5 heterocycles. The average molecular weight is 283 g/mol. The normalized spacial score (nSPS) is 33.6. The van der Waals surface area contributed by atoms with Crippen LogP contribution in [-0.4, -0.2) is 39.7 Å². The molecule has 6 rings (SSSR count). The first-order chi connectivity index (χ1) is 10.1. The van der Waals surface area contributed by atoms with E-state index in [9.17, 15) is 0 Å². The van der Waals surface area contributed by atoms with Crippen molar-refractivity contribution in [1.29, 1.82) is 0 Å². The summed E-state index contributed by atoms with van der Waals surface area (Å²) in [5.41, 5.74) is 4.94. The summed E-state index contributed by atoms with van der Waals surface area (Å²) in [6, 6.07) is 5.29. The summed E-state index contributed by atoms with van der Waals surface area (Å²) < 4.78 is 8.75. The molecule has 3 fully saturated rings. The van der Waals surface area contributed by atoms with E-state index in [1.807, 2.05) is 0 Å². The number of hydrogen-bond acceptors (Lipinski definition) is 3. The van der Waals surface area contributed by atoms with Crippen LogP contribution in [0, 0.1) is 19.8 Å². The molecule has 1 aromatic heterocycles. The summed E-state index contributed by atoms with van der Waals surface area (Å²) in [7, 11) is 0. The molecule has 2 bridgehead atoms. The van der Waals surface area contributed by atoms with Gasteiger partial charge in [-0.15, -0.1) is 0 Å². The average Bonchev–Trinajstić information content (AvgIpc) is 2.96. The maximum atomic E-state index is 6.44. The third kappa shape index (κ3) is 1.51. The lowest BCUT2D eigenvalue weighted by Gasteiger charge is -2.50. The van der Waals surface area contributed by atoms with Crippen molar-refractivity contribution in [1.82, 2.24) is 14.5 Å². The molecule has 0 amide bonds. The summed E-state index contributed by atoms with van der Waals surface area (Å²) in [4.78, 5) is 7.31. The largest absolute Gasteiger partial charge is 0.454 e. The van der Waals surface area contributed by atoms with E-state index in [0.717, 1.165) is 24.6 Å². The molecule has 0 radical (unpaired) electrons. The maximum Gasteiger partial charge on any atom is 0.298 e. The monoisotopic (exact) mass is 283 g/mol. The van der Waals surface area contributed by atoms with E-state index in [1.54, 1.807) is 0 Å². The number of benzene rings is 1. The number of nitrogens with zero attached hydrogens (tertiary/aromatic N) is 3. The summed E-state index contributed by atoms with van der Waals surface area (Å²) >= 11 is 0. The van der Waals surface area contributed by atoms with Crippen molar-refractivity contribution < 1.29 is 4.74 Å². The smallest absolute Gasteiger partial charge is 0.298 e. The Balaban J connectivity index is 1.61. The zero-order valence-electron chi connectivity index (χ0n) is 12.7. The van der Waals surface area contributed by atoms with Gasteiger partial charge < -0.3 is 4.74 Å². The molecular weight excluding hydrogens is 262 g/mol. The Hall–Kier alpha value is -1.55. The Morgan fingerprint density at radius 2 is 1.90 bits per heavy atom. The summed E-state index contributed by atoms with van der Waals surface area (Å²) in [6.45, 7) is 8.87. The van der Waals surface area contributed by atoms with Crippen LogP contribution in [0.25, 0.3) is 11.0 Å². The third-order valence-electron chi connectivity index (χ3n) is 5.87.